The van der Waals surface area contributed by atoms with Crippen LogP contribution in [0.2, 0.25) is 5.02 Å². The number of hydrogen-bond donors (Lipinski definition) is 3. The quantitative estimate of drug-likeness (QED) is 0.570. The molecular formula is C21H26ClN3O5. The fourth-order valence-electron chi connectivity index (χ4n) is 3.17. The number of carbonyl (C=O) groups excluding carboxylic acids is 1. The van der Waals surface area contributed by atoms with Crippen LogP contribution in [0.1, 0.15) is 56.4 Å². The van der Waals surface area contributed by atoms with E-state index in [4.69, 9.17) is 22.1 Å². The summed E-state index contributed by atoms with van der Waals surface area (Å²) in [5.74, 6) is -1.75. The van der Waals surface area contributed by atoms with Crippen LogP contribution in [0.4, 0.5) is 5.69 Å². The highest BCUT2D eigenvalue weighted by atomic mass is 35.5. The monoisotopic (exact) mass is 435 g/mol. The van der Waals surface area contributed by atoms with Gasteiger partial charge in [0.2, 0.25) is 5.43 Å². The van der Waals surface area contributed by atoms with E-state index in [9.17, 15) is 19.5 Å². The molecule has 162 valence electrons. The first kappa shape index (κ1) is 22.1. The molecule has 8 nitrogen and oxygen atoms in total. The molecule has 1 aliphatic rings. The topological polar surface area (TPSA) is 124 Å². The van der Waals surface area contributed by atoms with Gasteiger partial charge in [-0.3, -0.25) is 9.59 Å². The number of anilines is 1. The van der Waals surface area contributed by atoms with Gasteiger partial charge in [-0.05, 0) is 52.2 Å². The molecule has 1 fully saturated rings. The van der Waals surface area contributed by atoms with Crippen LogP contribution in [-0.4, -0.2) is 39.8 Å². The first-order valence-electron chi connectivity index (χ1n) is 9.82. The number of carboxylic acid groups (broad SMARTS) is 1. The van der Waals surface area contributed by atoms with Crippen molar-refractivity contribution >= 4 is 40.1 Å². The smallest absolute Gasteiger partial charge is 0.341 e. The molecule has 4 N–H and O–H groups in total. The molecule has 2 aromatic rings. The molecular weight excluding hydrogens is 410 g/mol. The Morgan fingerprint density at radius 3 is 2.60 bits per heavy atom. The van der Waals surface area contributed by atoms with Gasteiger partial charge in [0, 0.05) is 24.2 Å². The van der Waals surface area contributed by atoms with Gasteiger partial charge in [-0.15, -0.1) is 0 Å². The van der Waals surface area contributed by atoms with Gasteiger partial charge in [-0.25, -0.2) is 4.79 Å². The number of aromatic nitrogens is 1. The predicted octanol–water partition coefficient (Wildman–Crippen LogP) is 3.16. The number of esters is 1. The van der Waals surface area contributed by atoms with Crippen LogP contribution in [0, 0.1) is 0 Å². The second-order valence-corrected chi connectivity index (χ2v) is 8.93. The van der Waals surface area contributed by atoms with Crippen molar-refractivity contribution in [1.82, 2.24) is 4.57 Å². The van der Waals surface area contributed by atoms with Crippen LogP contribution < -0.4 is 16.5 Å². The van der Waals surface area contributed by atoms with Crippen molar-refractivity contribution < 1.29 is 19.4 Å². The maximum absolute atomic E-state index is 12.7. The van der Waals surface area contributed by atoms with E-state index in [2.05, 4.69) is 5.32 Å². The summed E-state index contributed by atoms with van der Waals surface area (Å²) >= 11 is 6.40. The number of rotatable bonds is 7. The first-order chi connectivity index (χ1) is 14.0. The van der Waals surface area contributed by atoms with Crippen LogP contribution in [0.25, 0.3) is 10.9 Å². The number of ether oxygens (including phenoxy) is 1. The third-order valence-corrected chi connectivity index (χ3v) is 5.08. The molecule has 1 atom stereocenters. The highest BCUT2D eigenvalue weighted by Gasteiger charge is 2.27. The Morgan fingerprint density at radius 2 is 2.03 bits per heavy atom. The molecule has 1 aromatic carbocycles. The maximum Gasteiger partial charge on any atom is 0.341 e. The van der Waals surface area contributed by atoms with Crippen LogP contribution >= 0.6 is 11.6 Å². The summed E-state index contributed by atoms with van der Waals surface area (Å²) in [5, 5.41) is 13.2. The van der Waals surface area contributed by atoms with E-state index in [1.165, 1.54) is 6.20 Å². The molecule has 0 aliphatic heterocycles. The zero-order valence-corrected chi connectivity index (χ0v) is 18.0. The Bertz CT molecular complexity index is 1050. The van der Waals surface area contributed by atoms with Gasteiger partial charge in [0.05, 0.1) is 16.2 Å². The van der Waals surface area contributed by atoms with E-state index in [0.29, 0.717) is 29.2 Å². The average molecular weight is 436 g/mol. The maximum atomic E-state index is 12.7. The molecule has 1 saturated carbocycles. The molecule has 1 unspecified atom stereocenters. The second-order valence-electron chi connectivity index (χ2n) is 8.52. The third-order valence-electron chi connectivity index (χ3n) is 4.77. The largest absolute Gasteiger partial charge is 0.477 e. The number of fused-ring (bicyclic) bond motifs is 1. The zero-order valence-electron chi connectivity index (χ0n) is 17.2. The highest BCUT2D eigenvalue weighted by Crippen LogP contribution is 2.38. The minimum atomic E-state index is -1.26. The van der Waals surface area contributed by atoms with Crippen LogP contribution in [0.3, 0.4) is 0 Å². The number of benzene rings is 1. The van der Waals surface area contributed by atoms with Crippen molar-refractivity contribution in [3.8, 4) is 0 Å². The predicted molar refractivity (Wildman–Crippen MR) is 115 cm³/mol. The van der Waals surface area contributed by atoms with Gasteiger partial charge in [-0.1, -0.05) is 11.6 Å². The third kappa shape index (κ3) is 4.94. The first-order valence-corrected chi connectivity index (χ1v) is 10.2. The van der Waals surface area contributed by atoms with E-state index < -0.39 is 29.0 Å². The minimum Gasteiger partial charge on any atom is -0.477 e. The highest BCUT2D eigenvalue weighted by molar-refractivity contribution is 6.34. The molecule has 0 saturated heterocycles. The van der Waals surface area contributed by atoms with Gasteiger partial charge in [0.1, 0.15) is 17.2 Å². The van der Waals surface area contributed by atoms with Crippen LogP contribution in [0.15, 0.2) is 23.1 Å². The normalized spacial score (nSPS) is 15.1. The Kier molecular flexibility index (Phi) is 6.10. The lowest BCUT2D eigenvalue weighted by molar-refractivity contribution is -0.156. The lowest BCUT2D eigenvalue weighted by Crippen LogP contribution is -2.38. The van der Waals surface area contributed by atoms with E-state index in [1.54, 1.807) is 32.9 Å². The molecule has 0 bridgehead atoms. The lowest BCUT2D eigenvalue weighted by Gasteiger charge is -2.22. The Hall–Kier alpha value is -2.58. The van der Waals surface area contributed by atoms with E-state index in [-0.39, 0.29) is 17.0 Å². The summed E-state index contributed by atoms with van der Waals surface area (Å²) in [6.45, 7) is 5.63. The standard InChI is InChI=1S/C21H26ClN3O5/c1-21(2,3)30-20(29)15(23)6-7-24-16-8-12-17(9-14(16)22)25(11-4-5-11)10-13(18(12)26)19(27)28/h8-11,15,24H,4-7,23H2,1-3H3,(H,27,28). The summed E-state index contributed by atoms with van der Waals surface area (Å²) in [6, 6.07) is 2.59. The van der Waals surface area contributed by atoms with Crippen molar-refractivity contribution in [2.75, 3.05) is 11.9 Å². The van der Waals surface area contributed by atoms with E-state index in [0.717, 1.165) is 12.8 Å². The summed E-state index contributed by atoms with van der Waals surface area (Å²) in [4.78, 5) is 36.2. The average Bonchev–Trinajstić information content (AvgIpc) is 3.46. The lowest BCUT2D eigenvalue weighted by atomic mass is 10.1. The minimum absolute atomic E-state index is 0.174. The number of halogens is 1. The number of nitrogens with one attached hydrogen (secondary N) is 1. The van der Waals surface area contributed by atoms with Gasteiger partial charge in [0.15, 0.2) is 0 Å². The van der Waals surface area contributed by atoms with Gasteiger partial charge in [-0.2, -0.15) is 0 Å². The fraction of sp³-hybridized carbons (Fsp3) is 0.476. The number of pyridine rings is 1. The Balaban J connectivity index is 1.82. The molecule has 0 spiro atoms. The van der Waals surface area contributed by atoms with Crippen LogP contribution in [0.5, 0.6) is 0 Å². The van der Waals surface area contributed by atoms with Crippen molar-refractivity contribution in [3.05, 3.63) is 39.1 Å². The fourth-order valence-corrected chi connectivity index (χ4v) is 3.40. The van der Waals surface area contributed by atoms with Crippen molar-refractivity contribution in [2.45, 2.75) is 57.7 Å². The second kappa shape index (κ2) is 8.28. The number of carbonyl (C=O) groups is 2. The molecule has 1 aliphatic carbocycles. The summed E-state index contributed by atoms with van der Waals surface area (Å²) in [5.41, 5.74) is 5.53. The number of aromatic carboxylic acids is 1. The number of nitrogens with zero attached hydrogens (tertiary/aromatic N) is 1. The van der Waals surface area contributed by atoms with E-state index >= 15 is 0 Å². The van der Waals surface area contributed by atoms with Crippen molar-refractivity contribution in [2.24, 2.45) is 5.73 Å². The number of nitrogens with two attached hydrogens (primary N) is 1. The van der Waals surface area contributed by atoms with Crippen molar-refractivity contribution in [3.63, 3.8) is 0 Å². The summed E-state index contributed by atoms with van der Waals surface area (Å²) in [7, 11) is 0. The zero-order chi connectivity index (χ0) is 22.2. The number of carboxylic acids is 1. The SMILES string of the molecule is CC(C)(C)OC(=O)C(N)CCNc1cc2c(=O)c(C(=O)O)cn(C3CC3)c2cc1Cl. The molecule has 0 radical (unpaired) electrons. The van der Waals surface area contributed by atoms with Crippen LogP contribution in [-0.2, 0) is 9.53 Å². The van der Waals surface area contributed by atoms with E-state index in [1.807, 2.05) is 4.57 Å². The van der Waals surface area contributed by atoms with Gasteiger partial charge < -0.3 is 25.5 Å². The summed E-state index contributed by atoms with van der Waals surface area (Å²) in [6.07, 6.45) is 3.55. The molecule has 1 heterocycles. The molecule has 0 amide bonds. The number of hydrogen-bond acceptors (Lipinski definition) is 6. The summed E-state index contributed by atoms with van der Waals surface area (Å²) < 4.78 is 7.07. The van der Waals surface area contributed by atoms with Crippen molar-refractivity contribution in [1.29, 1.82) is 0 Å². The molecule has 3 rings (SSSR count). The Morgan fingerprint density at radius 1 is 1.37 bits per heavy atom. The van der Waals surface area contributed by atoms with Gasteiger partial charge >= 0.3 is 11.9 Å². The Labute approximate surface area is 179 Å². The molecule has 30 heavy (non-hydrogen) atoms. The van der Waals surface area contributed by atoms with Gasteiger partial charge in [0.25, 0.3) is 0 Å². The molecule has 9 heteroatoms. The molecule has 1 aromatic heterocycles.